The largest absolute Gasteiger partial charge is 0.476 e. The van der Waals surface area contributed by atoms with E-state index in [1.54, 1.807) is 0 Å². The molecule has 0 saturated heterocycles. The summed E-state index contributed by atoms with van der Waals surface area (Å²) in [6, 6.07) is 8.81. The Morgan fingerprint density at radius 2 is 2.06 bits per heavy atom. The molecule has 0 bridgehead atoms. The topological polar surface area (TPSA) is 81.1 Å². The molecule has 0 amide bonds. The summed E-state index contributed by atoms with van der Waals surface area (Å²) >= 11 is 5.79. The number of nitrogens with zero attached hydrogens (tertiary/aromatic N) is 2. The molecule has 1 heterocycles. The van der Waals surface area contributed by atoms with Gasteiger partial charge in [0.15, 0.2) is 5.69 Å². The summed E-state index contributed by atoms with van der Waals surface area (Å²) in [7, 11) is 0. The number of nitrogens with two attached hydrogens (primary N) is 1. The maximum absolute atomic E-state index is 10.7. The fourth-order valence-electron chi connectivity index (χ4n) is 1.60. The summed E-state index contributed by atoms with van der Waals surface area (Å²) in [5.41, 5.74) is 6.73. The van der Waals surface area contributed by atoms with Crippen LogP contribution in [0.4, 0.5) is 5.82 Å². The van der Waals surface area contributed by atoms with Crippen LogP contribution in [0.2, 0.25) is 5.02 Å². The van der Waals surface area contributed by atoms with Crippen molar-refractivity contribution in [2.75, 3.05) is 5.73 Å². The summed E-state index contributed by atoms with van der Waals surface area (Å²) in [5, 5.41) is 13.4. The number of benzene rings is 1. The van der Waals surface area contributed by atoms with Crippen molar-refractivity contribution in [1.82, 2.24) is 9.78 Å². The molecule has 2 aromatic rings. The minimum atomic E-state index is -1.08. The van der Waals surface area contributed by atoms with Crippen LogP contribution in [0.25, 0.3) is 0 Å². The van der Waals surface area contributed by atoms with Crippen LogP contribution in [0.15, 0.2) is 30.3 Å². The van der Waals surface area contributed by atoms with Crippen LogP contribution in [0, 0.1) is 0 Å². The second kappa shape index (κ2) is 5.10. The lowest BCUT2D eigenvalue weighted by Crippen LogP contribution is -2.08. The predicted octanol–water partition coefficient (Wildman–Crippen LogP) is 2.06. The molecule has 0 unspecified atom stereocenters. The van der Waals surface area contributed by atoms with Crippen LogP contribution < -0.4 is 5.73 Å². The first-order valence-corrected chi connectivity index (χ1v) is 5.75. The van der Waals surface area contributed by atoms with Crippen molar-refractivity contribution in [3.63, 3.8) is 0 Å². The first-order valence-electron chi connectivity index (χ1n) is 5.37. The van der Waals surface area contributed by atoms with Crippen LogP contribution in [-0.4, -0.2) is 20.9 Å². The molecule has 0 aliphatic carbocycles. The zero-order chi connectivity index (χ0) is 13.1. The summed E-state index contributed by atoms with van der Waals surface area (Å²) < 4.78 is 1.48. The van der Waals surface area contributed by atoms with E-state index in [1.165, 1.54) is 10.7 Å². The number of nitrogen functional groups attached to an aromatic ring is 1. The van der Waals surface area contributed by atoms with E-state index in [0.717, 1.165) is 5.56 Å². The molecule has 1 aromatic carbocycles. The number of aromatic nitrogens is 2. The van der Waals surface area contributed by atoms with E-state index < -0.39 is 5.97 Å². The maximum Gasteiger partial charge on any atom is 0.356 e. The highest BCUT2D eigenvalue weighted by Crippen LogP contribution is 2.12. The van der Waals surface area contributed by atoms with Gasteiger partial charge in [-0.3, -0.25) is 0 Å². The molecule has 2 rings (SSSR count). The van der Waals surface area contributed by atoms with E-state index in [-0.39, 0.29) is 5.69 Å². The van der Waals surface area contributed by atoms with Crippen LogP contribution in [0.3, 0.4) is 0 Å². The SMILES string of the molecule is Nc1cc(C(=O)O)nn1CCc1ccc(Cl)cc1. The molecule has 94 valence electrons. The molecule has 0 fully saturated rings. The van der Waals surface area contributed by atoms with E-state index in [9.17, 15) is 4.79 Å². The van der Waals surface area contributed by atoms with E-state index in [2.05, 4.69) is 5.10 Å². The van der Waals surface area contributed by atoms with Gasteiger partial charge >= 0.3 is 5.97 Å². The van der Waals surface area contributed by atoms with Crippen molar-refractivity contribution >= 4 is 23.4 Å². The molecule has 3 N–H and O–H groups in total. The fraction of sp³-hybridized carbons (Fsp3) is 0.167. The Morgan fingerprint density at radius 3 is 2.61 bits per heavy atom. The molecule has 0 atom stereocenters. The quantitative estimate of drug-likeness (QED) is 0.887. The Bertz CT molecular complexity index is 563. The third kappa shape index (κ3) is 2.81. The highest BCUT2D eigenvalue weighted by molar-refractivity contribution is 6.30. The van der Waals surface area contributed by atoms with Gasteiger partial charge in [0.25, 0.3) is 0 Å². The van der Waals surface area contributed by atoms with Crippen LogP contribution >= 0.6 is 11.6 Å². The smallest absolute Gasteiger partial charge is 0.356 e. The van der Waals surface area contributed by atoms with Crippen molar-refractivity contribution < 1.29 is 9.90 Å². The molecular weight excluding hydrogens is 254 g/mol. The van der Waals surface area contributed by atoms with Gasteiger partial charge in [-0.05, 0) is 24.1 Å². The molecule has 5 nitrogen and oxygen atoms in total. The summed E-state index contributed by atoms with van der Waals surface area (Å²) in [6.45, 7) is 0.529. The number of carboxylic acid groups (broad SMARTS) is 1. The van der Waals surface area contributed by atoms with Gasteiger partial charge in [-0.25, -0.2) is 9.48 Å². The fourth-order valence-corrected chi connectivity index (χ4v) is 1.73. The number of hydrogen-bond donors (Lipinski definition) is 2. The molecule has 0 aliphatic rings. The third-order valence-electron chi connectivity index (χ3n) is 2.56. The van der Waals surface area contributed by atoms with Gasteiger partial charge in [0.05, 0.1) is 0 Å². The van der Waals surface area contributed by atoms with Gasteiger partial charge in [-0.2, -0.15) is 5.10 Å². The summed E-state index contributed by atoms with van der Waals surface area (Å²) in [4.78, 5) is 10.7. The number of carbonyl (C=O) groups is 1. The van der Waals surface area contributed by atoms with Gasteiger partial charge in [-0.15, -0.1) is 0 Å². The molecule has 0 spiro atoms. The van der Waals surface area contributed by atoms with E-state index in [4.69, 9.17) is 22.4 Å². The Labute approximate surface area is 109 Å². The van der Waals surface area contributed by atoms with Crippen LogP contribution in [-0.2, 0) is 13.0 Å². The van der Waals surface area contributed by atoms with Crippen molar-refractivity contribution in [3.8, 4) is 0 Å². The van der Waals surface area contributed by atoms with Crippen LogP contribution in [0.1, 0.15) is 16.1 Å². The molecule has 0 aliphatic heterocycles. The van der Waals surface area contributed by atoms with E-state index in [0.29, 0.717) is 23.8 Å². The average molecular weight is 266 g/mol. The van der Waals surface area contributed by atoms with Gasteiger partial charge in [0, 0.05) is 17.6 Å². The molecule has 0 saturated carbocycles. The lowest BCUT2D eigenvalue weighted by atomic mass is 10.1. The summed E-state index contributed by atoms with van der Waals surface area (Å²) in [5.74, 6) is -0.728. The Balaban J connectivity index is 2.06. The second-order valence-corrected chi connectivity index (χ2v) is 4.30. The first-order chi connectivity index (χ1) is 8.56. The highest BCUT2D eigenvalue weighted by Gasteiger charge is 2.10. The minimum Gasteiger partial charge on any atom is -0.476 e. The van der Waals surface area contributed by atoms with E-state index >= 15 is 0 Å². The van der Waals surface area contributed by atoms with Gasteiger partial charge in [-0.1, -0.05) is 23.7 Å². The number of anilines is 1. The van der Waals surface area contributed by atoms with Gasteiger partial charge in [0.2, 0.25) is 0 Å². The molecular formula is C12H12ClN3O2. The maximum atomic E-state index is 10.7. The normalized spacial score (nSPS) is 10.5. The Morgan fingerprint density at radius 1 is 1.39 bits per heavy atom. The third-order valence-corrected chi connectivity index (χ3v) is 2.81. The number of aryl methyl sites for hydroxylation is 2. The lowest BCUT2D eigenvalue weighted by Gasteiger charge is -2.04. The van der Waals surface area contributed by atoms with Crippen molar-refractivity contribution in [1.29, 1.82) is 0 Å². The number of hydrogen-bond acceptors (Lipinski definition) is 3. The van der Waals surface area contributed by atoms with Crippen molar-refractivity contribution in [2.45, 2.75) is 13.0 Å². The molecule has 18 heavy (non-hydrogen) atoms. The van der Waals surface area contributed by atoms with Gasteiger partial charge < -0.3 is 10.8 Å². The van der Waals surface area contributed by atoms with Crippen molar-refractivity contribution in [3.05, 3.63) is 46.6 Å². The van der Waals surface area contributed by atoms with E-state index in [1.807, 2.05) is 24.3 Å². The number of rotatable bonds is 4. The minimum absolute atomic E-state index is 0.0383. The number of aromatic carboxylic acids is 1. The lowest BCUT2D eigenvalue weighted by molar-refractivity contribution is 0.0689. The first kappa shape index (κ1) is 12.4. The molecule has 1 aromatic heterocycles. The number of halogens is 1. The standard InChI is InChI=1S/C12H12ClN3O2/c13-9-3-1-8(2-4-9)5-6-16-11(14)7-10(15-16)12(17)18/h1-4,7H,5-6,14H2,(H,17,18). The highest BCUT2D eigenvalue weighted by atomic mass is 35.5. The van der Waals surface area contributed by atoms with Gasteiger partial charge in [0.1, 0.15) is 5.82 Å². The predicted molar refractivity (Wildman–Crippen MR) is 68.8 cm³/mol. The monoisotopic (exact) mass is 265 g/mol. The Kier molecular flexibility index (Phi) is 3.53. The molecule has 6 heteroatoms. The second-order valence-electron chi connectivity index (χ2n) is 3.86. The Hall–Kier alpha value is -2.01. The zero-order valence-electron chi connectivity index (χ0n) is 9.51. The summed E-state index contributed by atoms with van der Waals surface area (Å²) in [6.07, 6.45) is 0.710. The number of carboxylic acids is 1. The van der Waals surface area contributed by atoms with Crippen LogP contribution in [0.5, 0.6) is 0 Å². The zero-order valence-corrected chi connectivity index (χ0v) is 10.3. The van der Waals surface area contributed by atoms with Crippen molar-refractivity contribution in [2.24, 2.45) is 0 Å². The molecule has 0 radical (unpaired) electrons. The average Bonchev–Trinajstić information content (AvgIpc) is 2.70.